The zero-order valence-corrected chi connectivity index (χ0v) is 12.2. The van der Waals surface area contributed by atoms with Gasteiger partial charge in [-0.2, -0.15) is 11.8 Å². The van der Waals surface area contributed by atoms with Gasteiger partial charge in [0.1, 0.15) is 0 Å². The van der Waals surface area contributed by atoms with Crippen LogP contribution in [0.5, 0.6) is 0 Å². The van der Waals surface area contributed by atoms with E-state index in [4.69, 9.17) is 5.11 Å². The topological polar surface area (TPSA) is 49.3 Å². The van der Waals surface area contributed by atoms with Crippen LogP contribution in [-0.2, 0) is 12.2 Å². The minimum absolute atomic E-state index is 0.0317. The van der Waals surface area contributed by atoms with Crippen molar-refractivity contribution in [3.63, 3.8) is 0 Å². The van der Waals surface area contributed by atoms with Crippen molar-refractivity contribution in [3.05, 3.63) is 21.4 Å². The van der Waals surface area contributed by atoms with Gasteiger partial charge in [0.25, 0.3) is 5.91 Å². The number of thioether (sulfide) groups is 1. The Labute approximate surface area is 116 Å². The molecule has 2 N–H and O–H groups in total. The van der Waals surface area contributed by atoms with Crippen LogP contribution in [0.15, 0.2) is 6.07 Å². The van der Waals surface area contributed by atoms with Gasteiger partial charge in [-0.25, -0.2) is 0 Å². The SMILES string of the molecule is CC(CCO)CNC(=O)c1cc2c(s1)CCSC2. The van der Waals surface area contributed by atoms with Crippen molar-refractivity contribution in [2.24, 2.45) is 5.92 Å². The standard InChI is InChI=1S/C13H19NO2S2/c1-9(2-4-15)7-14-13(16)12-6-10-8-17-5-3-11(10)18-12/h6,9,15H,2-5,7-8H2,1H3,(H,14,16). The molecule has 0 saturated carbocycles. The van der Waals surface area contributed by atoms with Gasteiger partial charge in [0.2, 0.25) is 0 Å². The smallest absolute Gasteiger partial charge is 0.261 e. The second kappa shape index (κ2) is 6.59. The molecule has 1 unspecified atom stereocenters. The molecule has 18 heavy (non-hydrogen) atoms. The molecule has 100 valence electrons. The lowest BCUT2D eigenvalue weighted by atomic mass is 10.1. The Bertz CT molecular complexity index is 394. The highest BCUT2D eigenvalue weighted by Crippen LogP contribution is 2.31. The van der Waals surface area contributed by atoms with Crippen LogP contribution < -0.4 is 5.32 Å². The summed E-state index contributed by atoms with van der Waals surface area (Å²) in [6, 6.07) is 2.04. The van der Waals surface area contributed by atoms with E-state index in [0.717, 1.165) is 23.5 Å². The quantitative estimate of drug-likeness (QED) is 0.872. The first-order valence-corrected chi connectivity index (χ1v) is 8.26. The van der Waals surface area contributed by atoms with E-state index in [2.05, 4.69) is 5.32 Å². The molecule has 3 nitrogen and oxygen atoms in total. The summed E-state index contributed by atoms with van der Waals surface area (Å²) in [6.45, 7) is 2.85. The molecule has 1 amide bonds. The predicted octanol–water partition coefficient (Wildman–Crippen LogP) is 2.29. The molecule has 0 saturated heterocycles. The minimum atomic E-state index is 0.0317. The number of hydrogen-bond acceptors (Lipinski definition) is 4. The van der Waals surface area contributed by atoms with Crippen molar-refractivity contribution in [2.45, 2.75) is 25.5 Å². The lowest BCUT2D eigenvalue weighted by Gasteiger charge is -2.10. The fraction of sp³-hybridized carbons (Fsp3) is 0.615. The Morgan fingerprint density at radius 2 is 2.44 bits per heavy atom. The summed E-state index contributed by atoms with van der Waals surface area (Å²) < 4.78 is 0. The number of carbonyl (C=O) groups is 1. The molecule has 1 aromatic rings. The molecule has 0 aliphatic carbocycles. The zero-order valence-electron chi connectivity index (χ0n) is 10.6. The van der Waals surface area contributed by atoms with Crippen LogP contribution in [0.1, 0.15) is 33.5 Å². The van der Waals surface area contributed by atoms with Crippen molar-refractivity contribution in [3.8, 4) is 0 Å². The number of amides is 1. The van der Waals surface area contributed by atoms with Crippen molar-refractivity contribution in [1.82, 2.24) is 5.32 Å². The zero-order chi connectivity index (χ0) is 13.0. The van der Waals surface area contributed by atoms with Gasteiger partial charge in [-0.15, -0.1) is 11.3 Å². The summed E-state index contributed by atoms with van der Waals surface area (Å²) in [6.07, 6.45) is 1.83. The van der Waals surface area contributed by atoms with Crippen molar-refractivity contribution < 1.29 is 9.90 Å². The van der Waals surface area contributed by atoms with Crippen LogP contribution in [-0.4, -0.2) is 29.9 Å². The predicted molar refractivity (Wildman–Crippen MR) is 77.4 cm³/mol. The normalized spacial score (nSPS) is 16.1. The number of aliphatic hydroxyl groups is 1. The van der Waals surface area contributed by atoms with E-state index in [-0.39, 0.29) is 12.5 Å². The Hall–Kier alpha value is -0.520. The van der Waals surface area contributed by atoms with E-state index in [0.29, 0.717) is 12.5 Å². The van der Waals surface area contributed by atoms with Gasteiger partial charge in [0, 0.05) is 23.8 Å². The molecule has 0 fully saturated rings. The van der Waals surface area contributed by atoms with Gasteiger partial charge in [-0.1, -0.05) is 6.92 Å². The van der Waals surface area contributed by atoms with Crippen LogP contribution in [0.3, 0.4) is 0 Å². The summed E-state index contributed by atoms with van der Waals surface area (Å²) in [5, 5.41) is 11.8. The van der Waals surface area contributed by atoms with Gasteiger partial charge in [-0.3, -0.25) is 4.79 Å². The van der Waals surface area contributed by atoms with Crippen LogP contribution in [0, 0.1) is 5.92 Å². The lowest BCUT2D eigenvalue weighted by Crippen LogP contribution is -2.28. The third kappa shape index (κ3) is 3.49. The fourth-order valence-corrected chi connectivity index (χ4v) is 4.22. The molecule has 0 aromatic carbocycles. The average Bonchev–Trinajstić information content (AvgIpc) is 2.80. The Morgan fingerprint density at radius 1 is 1.61 bits per heavy atom. The van der Waals surface area contributed by atoms with Crippen LogP contribution >= 0.6 is 23.1 Å². The third-order valence-corrected chi connectivity index (χ3v) is 5.33. The first kappa shape index (κ1) is 13.9. The summed E-state index contributed by atoms with van der Waals surface area (Å²) in [5.74, 6) is 2.57. The number of hydrogen-bond donors (Lipinski definition) is 2. The van der Waals surface area contributed by atoms with Gasteiger partial charge in [0.15, 0.2) is 0 Å². The highest BCUT2D eigenvalue weighted by Gasteiger charge is 2.17. The Kier molecular flexibility index (Phi) is 5.09. The first-order valence-electron chi connectivity index (χ1n) is 6.29. The monoisotopic (exact) mass is 285 g/mol. The van der Waals surface area contributed by atoms with Crippen molar-refractivity contribution in [1.29, 1.82) is 0 Å². The summed E-state index contributed by atoms with van der Waals surface area (Å²) >= 11 is 3.57. The molecular weight excluding hydrogens is 266 g/mol. The maximum Gasteiger partial charge on any atom is 0.261 e. The van der Waals surface area contributed by atoms with E-state index in [1.54, 1.807) is 11.3 Å². The molecule has 1 aliphatic heterocycles. The number of fused-ring (bicyclic) bond motifs is 1. The molecule has 1 atom stereocenters. The highest BCUT2D eigenvalue weighted by molar-refractivity contribution is 7.98. The molecule has 0 spiro atoms. The largest absolute Gasteiger partial charge is 0.396 e. The molecular formula is C13H19NO2S2. The second-order valence-electron chi connectivity index (χ2n) is 4.69. The number of carbonyl (C=O) groups excluding carboxylic acids is 1. The van der Waals surface area contributed by atoms with Crippen molar-refractivity contribution in [2.75, 3.05) is 18.9 Å². The van der Waals surface area contributed by atoms with Gasteiger partial charge >= 0.3 is 0 Å². The highest BCUT2D eigenvalue weighted by atomic mass is 32.2. The molecule has 0 radical (unpaired) electrons. The van der Waals surface area contributed by atoms with E-state index < -0.39 is 0 Å². The molecule has 2 rings (SSSR count). The first-order chi connectivity index (χ1) is 8.70. The molecule has 1 aromatic heterocycles. The maximum atomic E-state index is 12.0. The second-order valence-corrected chi connectivity index (χ2v) is 6.93. The summed E-state index contributed by atoms with van der Waals surface area (Å²) in [4.78, 5) is 14.2. The Morgan fingerprint density at radius 3 is 3.17 bits per heavy atom. The van der Waals surface area contributed by atoms with E-state index >= 15 is 0 Å². The molecule has 1 aliphatic rings. The fourth-order valence-electron chi connectivity index (χ4n) is 1.94. The molecule has 5 heteroatoms. The third-order valence-electron chi connectivity index (χ3n) is 3.08. The number of aryl methyl sites for hydroxylation is 1. The number of rotatable bonds is 5. The summed E-state index contributed by atoms with van der Waals surface area (Å²) in [7, 11) is 0. The van der Waals surface area contributed by atoms with E-state index in [1.807, 2.05) is 24.8 Å². The molecule has 0 bridgehead atoms. The number of aliphatic hydroxyl groups excluding tert-OH is 1. The lowest BCUT2D eigenvalue weighted by molar-refractivity contribution is 0.0949. The van der Waals surface area contributed by atoms with E-state index in [1.165, 1.54) is 16.2 Å². The van der Waals surface area contributed by atoms with E-state index in [9.17, 15) is 4.79 Å². The van der Waals surface area contributed by atoms with Gasteiger partial charge < -0.3 is 10.4 Å². The number of thiophene rings is 1. The van der Waals surface area contributed by atoms with Crippen molar-refractivity contribution >= 4 is 29.0 Å². The average molecular weight is 285 g/mol. The van der Waals surface area contributed by atoms with Crippen LogP contribution in [0.4, 0.5) is 0 Å². The minimum Gasteiger partial charge on any atom is -0.396 e. The van der Waals surface area contributed by atoms with Gasteiger partial charge in [-0.05, 0) is 36.1 Å². The maximum absolute atomic E-state index is 12.0. The molecule has 2 heterocycles. The van der Waals surface area contributed by atoms with Crippen LogP contribution in [0.25, 0.3) is 0 Å². The van der Waals surface area contributed by atoms with Crippen LogP contribution in [0.2, 0.25) is 0 Å². The number of nitrogens with one attached hydrogen (secondary N) is 1. The van der Waals surface area contributed by atoms with Gasteiger partial charge in [0.05, 0.1) is 4.88 Å². The summed E-state index contributed by atoms with van der Waals surface area (Å²) in [5.41, 5.74) is 1.34. The Balaban J connectivity index is 1.90.